The van der Waals surface area contributed by atoms with Crippen LogP contribution in [0.2, 0.25) is 10.3 Å². The van der Waals surface area contributed by atoms with Gasteiger partial charge in [-0.2, -0.15) is 0 Å². The van der Waals surface area contributed by atoms with Crippen LogP contribution in [0, 0.1) is 10.1 Å². The summed E-state index contributed by atoms with van der Waals surface area (Å²) in [4.78, 5) is 16.9. The van der Waals surface area contributed by atoms with E-state index in [1.165, 1.54) is 6.07 Å². The third-order valence-electron chi connectivity index (χ3n) is 2.30. The van der Waals surface area contributed by atoms with E-state index in [0.29, 0.717) is 0 Å². The number of nitrogens with zero attached hydrogens (tertiary/aromatic N) is 3. The van der Waals surface area contributed by atoms with Crippen molar-refractivity contribution in [1.29, 1.82) is 0 Å². The van der Waals surface area contributed by atoms with Crippen molar-refractivity contribution in [3.8, 4) is 0 Å². The molecule has 1 aromatic heterocycles. The van der Waals surface area contributed by atoms with Gasteiger partial charge in [-0.1, -0.05) is 11.6 Å². The van der Waals surface area contributed by atoms with E-state index in [4.69, 9.17) is 23.2 Å². The number of nitro benzene ring substituents is 1. The summed E-state index contributed by atoms with van der Waals surface area (Å²) in [6, 6.07) is 3.45. The Labute approximate surface area is 128 Å². The molecule has 1 aromatic carbocycles. The number of halogens is 2. The van der Waals surface area contributed by atoms with Gasteiger partial charge in [0.2, 0.25) is 5.28 Å². The van der Waals surface area contributed by atoms with Crippen LogP contribution in [0.15, 0.2) is 35.5 Å². The predicted molar refractivity (Wildman–Crippen MR) is 76.0 cm³/mol. The normalized spacial score (nSPS) is 11.1. The number of sulfonamides is 1. The fourth-order valence-corrected chi connectivity index (χ4v) is 2.66. The van der Waals surface area contributed by atoms with Gasteiger partial charge in [0, 0.05) is 6.07 Å². The second-order valence-corrected chi connectivity index (χ2v) is 6.14. The van der Waals surface area contributed by atoms with Crippen molar-refractivity contribution in [2.24, 2.45) is 0 Å². The van der Waals surface area contributed by atoms with Crippen LogP contribution >= 0.6 is 23.2 Å². The number of hydrogen-bond acceptors (Lipinski definition) is 6. The minimum atomic E-state index is -3.94. The zero-order valence-corrected chi connectivity index (χ0v) is 12.4. The van der Waals surface area contributed by atoms with Gasteiger partial charge in [-0.15, -0.1) is 0 Å². The van der Waals surface area contributed by atoms with Crippen molar-refractivity contribution in [3.05, 3.63) is 51.0 Å². The minimum Gasteiger partial charge on any atom is -0.279 e. The van der Waals surface area contributed by atoms with E-state index in [0.717, 1.165) is 24.5 Å². The van der Waals surface area contributed by atoms with Gasteiger partial charge in [-0.25, -0.2) is 18.4 Å². The Morgan fingerprint density at radius 1 is 1.19 bits per heavy atom. The first-order valence-corrected chi connectivity index (χ1v) is 7.48. The maximum Gasteiger partial charge on any atom is 0.288 e. The molecule has 0 aliphatic rings. The number of nitrogens with one attached hydrogen (secondary N) is 1. The maximum atomic E-state index is 12.0. The molecule has 0 aliphatic heterocycles. The lowest BCUT2D eigenvalue weighted by atomic mass is 10.3. The van der Waals surface area contributed by atoms with Gasteiger partial charge < -0.3 is 0 Å². The molecule has 0 fully saturated rings. The second-order valence-electron chi connectivity index (χ2n) is 3.72. The first-order valence-electron chi connectivity index (χ1n) is 5.24. The number of anilines is 1. The fourth-order valence-electron chi connectivity index (χ4n) is 1.37. The van der Waals surface area contributed by atoms with Gasteiger partial charge in [-0.3, -0.25) is 14.8 Å². The summed E-state index contributed by atoms with van der Waals surface area (Å²) in [6.45, 7) is 0. The fraction of sp³-hybridized carbons (Fsp3) is 0. The van der Waals surface area contributed by atoms with Crippen molar-refractivity contribution in [2.75, 3.05) is 4.72 Å². The zero-order chi connectivity index (χ0) is 15.6. The van der Waals surface area contributed by atoms with Crippen LogP contribution in [0.25, 0.3) is 0 Å². The highest BCUT2D eigenvalue weighted by atomic mass is 35.5. The van der Waals surface area contributed by atoms with Crippen molar-refractivity contribution >= 4 is 44.6 Å². The quantitative estimate of drug-likeness (QED) is 0.515. The second kappa shape index (κ2) is 5.80. The summed E-state index contributed by atoms with van der Waals surface area (Å²) in [5.74, 6) is 0. The third kappa shape index (κ3) is 3.57. The largest absolute Gasteiger partial charge is 0.288 e. The Hall–Kier alpha value is -1.97. The Bertz CT molecular complexity index is 795. The third-order valence-corrected chi connectivity index (χ3v) is 4.14. The van der Waals surface area contributed by atoms with Crippen LogP contribution in [-0.4, -0.2) is 23.3 Å². The SMILES string of the molecule is O=[N+]([O-])c1ccc(NS(=O)(=O)c2cnc(Cl)nc2)cc1Cl. The molecule has 1 N–H and O–H groups in total. The average Bonchev–Trinajstić information content (AvgIpc) is 2.38. The first-order chi connectivity index (χ1) is 9.79. The standard InChI is InChI=1S/C10H6Cl2N4O4S/c11-8-3-6(1-2-9(8)16(17)18)15-21(19,20)7-4-13-10(12)14-5-7/h1-5,15H. The van der Waals surface area contributed by atoms with E-state index < -0.39 is 14.9 Å². The Morgan fingerprint density at radius 3 is 2.33 bits per heavy atom. The lowest BCUT2D eigenvalue weighted by Crippen LogP contribution is -2.13. The highest BCUT2D eigenvalue weighted by Gasteiger charge is 2.18. The van der Waals surface area contributed by atoms with E-state index in [1.807, 2.05) is 0 Å². The summed E-state index contributed by atoms with van der Waals surface area (Å²) in [6.07, 6.45) is 2.06. The maximum absolute atomic E-state index is 12.0. The molecule has 0 saturated heterocycles. The summed E-state index contributed by atoms with van der Waals surface area (Å²) < 4.78 is 26.3. The van der Waals surface area contributed by atoms with Crippen LogP contribution in [0.4, 0.5) is 11.4 Å². The van der Waals surface area contributed by atoms with Crippen LogP contribution in [0.3, 0.4) is 0 Å². The highest BCUT2D eigenvalue weighted by molar-refractivity contribution is 7.92. The number of hydrogen-bond donors (Lipinski definition) is 1. The molecule has 21 heavy (non-hydrogen) atoms. The Morgan fingerprint density at radius 2 is 1.81 bits per heavy atom. The van der Waals surface area contributed by atoms with E-state index in [9.17, 15) is 18.5 Å². The smallest absolute Gasteiger partial charge is 0.279 e. The van der Waals surface area contributed by atoms with Crippen molar-refractivity contribution in [1.82, 2.24) is 9.97 Å². The molecule has 0 atom stereocenters. The Balaban J connectivity index is 2.31. The van der Waals surface area contributed by atoms with E-state index >= 15 is 0 Å². The molecule has 2 aromatic rings. The molecular weight excluding hydrogens is 343 g/mol. The number of benzene rings is 1. The molecule has 0 aliphatic carbocycles. The summed E-state index contributed by atoms with van der Waals surface area (Å²) in [7, 11) is -3.94. The molecule has 0 bridgehead atoms. The van der Waals surface area contributed by atoms with E-state index in [1.54, 1.807) is 0 Å². The molecule has 0 radical (unpaired) electrons. The molecule has 8 nitrogen and oxygen atoms in total. The zero-order valence-electron chi connectivity index (χ0n) is 10.0. The molecule has 0 amide bonds. The first kappa shape index (κ1) is 15.4. The van der Waals surface area contributed by atoms with Gasteiger partial charge in [-0.05, 0) is 23.7 Å². The van der Waals surface area contributed by atoms with Crippen molar-refractivity contribution in [2.45, 2.75) is 4.90 Å². The average molecular weight is 349 g/mol. The molecule has 0 saturated carbocycles. The summed E-state index contributed by atoms with van der Waals surface area (Å²) in [5, 5.41) is 10.3. The number of aromatic nitrogens is 2. The number of rotatable bonds is 4. The van der Waals surface area contributed by atoms with Crippen molar-refractivity contribution in [3.63, 3.8) is 0 Å². The summed E-state index contributed by atoms with van der Waals surface area (Å²) in [5.41, 5.74) is -0.255. The van der Waals surface area contributed by atoms with Gasteiger partial charge >= 0.3 is 0 Å². The van der Waals surface area contributed by atoms with Gasteiger partial charge in [0.15, 0.2) is 0 Å². The van der Waals surface area contributed by atoms with Gasteiger partial charge in [0.05, 0.1) is 23.0 Å². The molecule has 11 heteroatoms. The Kier molecular flexibility index (Phi) is 4.26. The lowest BCUT2D eigenvalue weighted by Gasteiger charge is -2.07. The van der Waals surface area contributed by atoms with Gasteiger partial charge in [0.1, 0.15) is 9.92 Å². The predicted octanol–water partition coefficient (Wildman–Crippen LogP) is 2.49. The molecule has 2 rings (SSSR count). The van der Waals surface area contributed by atoms with Crippen LogP contribution in [0.5, 0.6) is 0 Å². The van der Waals surface area contributed by atoms with E-state index in [-0.39, 0.29) is 26.6 Å². The molecular formula is C10H6Cl2N4O4S. The monoisotopic (exact) mass is 348 g/mol. The van der Waals surface area contributed by atoms with Crippen LogP contribution in [-0.2, 0) is 10.0 Å². The van der Waals surface area contributed by atoms with Crippen LogP contribution < -0.4 is 4.72 Å². The molecule has 0 unspecified atom stereocenters. The van der Waals surface area contributed by atoms with Crippen LogP contribution in [0.1, 0.15) is 0 Å². The van der Waals surface area contributed by atoms with E-state index in [2.05, 4.69) is 14.7 Å². The molecule has 110 valence electrons. The molecule has 1 heterocycles. The topological polar surface area (TPSA) is 115 Å². The minimum absolute atomic E-state index is 0.0700. The lowest BCUT2D eigenvalue weighted by molar-refractivity contribution is -0.384. The summed E-state index contributed by atoms with van der Waals surface area (Å²) >= 11 is 11.2. The van der Waals surface area contributed by atoms with Crippen molar-refractivity contribution < 1.29 is 13.3 Å². The van der Waals surface area contributed by atoms with Gasteiger partial charge in [0.25, 0.3) is 15.7 Å². The highest BCUT2D eigenvalue weighted by Crippen LogP contribution is 2.28. The number of nitro groups is 1. The molecule has 0 spiro atoms.